The van der Waals surface area contributed by atoms with Gasteiger partial charge >= 0.3 is 0 Å². The molecular weight excluding hydrogens is 236 g/mol. The number of nitrogens with one attached hydrogen (secondary N) is 1. The van der Waals surface area contributed by atoms with Crippen LogP contribution in [0.15, 0.2) is 24.3 Å². The second-order valence-corrected chi connectivity index (χ2v) is 5.09. The molecule has 4 heteroatoms. The van der Waals surface area contributed by atoms with Gasteiger partial charge in [0, 0.05) is 18.8 Å². The van der Waals surface area contributed by atoms with E-state index in [4.69, 9.17) is 10.5 Å². The van der Waals surface area contributed by atoms with Crippen LogP contribution in [0.3, 0.4) is 0 Å². The van der Waals surface area contributed by atoms with E-state index in [0.717, 1.165) is 25.3 Å². The Morgan fingerprint density at radius 3 is 2.95 bits per heavy atom. The number of rotatable bonds is 2. The van der Waals surface area contributed by atoms with Crippen LogP contribution in [0.25, 0.3) is 0 Å². The predicted molar refractivity (Wildman–Crippen MR) is 74.6 cm³/mol. The molecule has 4 nitrogen and oxygen atoms in total. The van der Waals surface area contributed by atoms with Crippen LogP contribution in [-0.2, 0) is 0 Å². The lowest BCUT2D eigenvalue weighted by Gasteiger charge is -2.31. The molecule has 1 fully saturated rings. The van der Waals surface area contributed by atoms with Gasteiger partial charge in [0.1, 0.15) is 0 Å². The Hall–Kier alpha value is -2.04. The Balaban J connectivity index is 2.30. The molecule has 98 valence electrons. The van der Waals surface area contributed by atoms with Gasteiger partial charge in [0.05, 0.1) is 30.2 Å². The fourth-order valence-corrected chi connectivity index (χ4v) is 2.51. The van der Waals surface area contributed by atoms with Gasteiger partial charge in [0.2, 0.25) is 0 Å². The van der Waals surface area contributed by atoms with Gasteiger partial charge in [0.25, 0.3) is 0 Å². The van der Waals surface area contributed by atoms with Gasteiger partial charge in [-0.25, -0.2) is 0 Å². The first-order chi connectivity index (χ1) is 9.24. The minimum Gasteiger partial charge on any atom is -0.366 e. The van der Waals surface area contributed by atoms with Gasteiger partial charge in [-0.15, -0.1) is 0 Å². The Morgan fingerprint density at radius 2 is 2.21 bits per heavy atom. The summed E-state index contributed by atoms with van der Waals surface area (Å²) in [5.41, 5.74) is 1.70. The van der Waals surface area contributed by atoms with Gasteiger partial charge in [-0.05, 0) is 30.7 Å². The minimum absolute atomic E-state index is 0.170. The van der Waals surface area contributed by atoms with E-state index in [-0.39, 0.29) is 6.04 Å². The maximum Gasteiger partial charge on any atom is 0.0992 e. The second-order valence-electron chi connectivity index (χ2n) is 5.09. The molecule has 2 rings (SSSR count). The Morgan fingerprint density at radius 1 is 1.37 bits per heavy atom. The molecule has 0 aromatic heterocycles. The van der Waals surface area contributed by atoms with E-state index in [0.29, 0.717) is 17.9 Å². The lowest BCUT2D eigenvalue weighted by Crippen LogP contribution is -2.40. The standard InChI is InChI=1S/C15H18N4/c1-12-9-18-10-15(5-6-16)19(11-12)14-4-2-3-13(7-14)8-17/h2-4,7,12,15,18H,5,9-11H2,1H3. The summed E-state index contributed by atoms with van der Waals surface area (Å²) >= 11 is 0. The van der Waals surface area contributed by atoms with Crippen molar-refractivity contribution in [1.82, 2.24) is 5.32 Å². The van der Waals surface area contributed by atoms with E-state index in [9.17, 15) is 0 Å². The van der Waals surface area contributed by atoms with Crippen molar-refractivity contribution in [1.29, 1.82) is 10.5 Å². The highest BCUT2D eigenvalue weighted by Gasteiger charge is 2.24. The summed E-state index contributed by atoms with van der Waals surface area (Å²) in [6.45, 7) is 4.89. The highest BCUT2D eigenvalue weighted by Crippen LogP contribution is 2.22. The van der Waals surface area contributed by atoms with Gasteiger partial charge < -0.3 is 10.2 Å². The van der Waals surface area contributed by atoms with Crippen molar-refractivity contribution >= 4 is 5.69 Å². The summed E-state index contributed by atoms with van der Waals surface area (Å²) < 4.78 is 0. The van der Waals surface area contributed by atoms with E-state index >= 15 is 0 Å². The molecule has 1 aromatic rings. The average Bonchev–Trinajstić information content (AvgIpc) is 2.61. The Labute approximate surface area is 114 Å². The van der Waals surface area contributed by atoms with E-state index in [1.54, 1.807) is 0 Å². The van der Waals surface area contributed by atoms with Crippen LogP contribution in [0.2, 0.25) is 0 Å². The van der Waals surface area contributed by atoms with Crippen LogP contribution in [0, 0.1) is 28.6 Å². The number of nitriles is 2. The van der Waals surface area contributed by atoms with E-state index < -0.39 is 0 Å². The zero-order valence-electron chi connectivity index (χ0n) is 11.1. The van der Waals surface area contributed by atoms with Gasteiger partial charge in [-0.2, -0.15) is 10.5 Å². The molecule has 1 N–H and O–H groups in total. The molecule has 2 unspecified atom stereocenters. The number of benzene rings is 1. The molecule has 1 saturated heterocycles. The molecule has 19 heavy (non-hydrogen) atoms. The number of anilines is 1. The summed E-state index contributed by atoms with van der Waals surface area (Å²) in [7, 11) is 0. The summed E-state index contributed by atoms with van der Waals surface area (Å²) in [4.78, 5) is 2.26. The van der Waals surface area contributed by atoms with Crippen LogP contribution in [0.1, 0.15) is 18.9 Å². The summed E-state index contributed by atoms with van der Waals surface area (Å²) in [5.74, 6) is 0.523. The third-order valence-electron chi connectivity index (χ3n) is 3.46. The van der Waals surface area contributed by atoms with Gasteiger partial charge in [-0.1, -0.05) is 13.0 Å². The average molecular weight is 254 g/mol. The lowest BCUT2D eigenvalue weighted by molar-refractivity contribution is 0.563. The number of hydrogen-bond acceptors (Lipinski definition) is 4. The topological polar surface area (TPSA) is 62.9 Å². The smallest absolute Gasteiger partial charge is 0.0992 e. The first-order valence-electron chi connectivity index (χ1n) is 6.59. The fourth-order valence-electron chi connectivity index (χ4n) is 2.51. The van der Waals surface area contributed by atoms with Crippen LogP contribution in [-0.4, -0.2) is 25.7 Å². The fraction of sp³-hybridized carbons (Fsp3) is 0.467. The zero-order chi connectivity index (χ0) is 13.7. The molecule has 0 amide bonds. The first-order valence-corrected chi connectivity index (χ1v) is 6.59. The third-order valence-corrected chi connectivity index (χ3v) is 3.46. The first kappa shape index (κ1) is 13.4. The van der Waals surface area contributed by atoms with Crippen LogP contribution >= 0.6 is 0 Å². The maximum absolute atomic E-state index is 9.00. The molecule has 1 heterocycles. The molecule has 2 atom stereocenters. The maximum atomic E-state index is 9.00. The van der Waals surface area contributed by atoms with Crippen LogP contribution in [0.5, 0.6) is 0 Å². The molecule has 0 aliphatic carbocycles. The number of nitrogens with zero attached hydrogens (tertiary/aromatic N) is 3. The van der Waals surface area contributed by atoms with Crippen LogP contribution in [0.4, 0.5) is 5.69 Å². The van der Waals surface area contributed by atoms with Gasteiger partial charge in [0.15, 0.2) is 0 Å². The second kappa shape index (κ2) is 6.22. The zero-order valence-corrected chi connectivity index (χ0v) is 11.1. The molecule has 0 saturated carbocycles. The van der Waals surface area contributed by atoms with Crippen molar-refractivity contribution in [3.8, 4) is 12.1 Å². The minimum atomic E-state index is 0.170. The summed E-state index contributed by atoms with van der Waals surface area (Å²) in [5, 5.41) is 21.4. The van der Waals surface area contributed by atoms with Crippen molar-refractivity contribution in [3.63, 3.8) is 0 Å². The third kappa shape index (κ3) is 3.24. The molecule has 1 aromatic carbocycles. The van der Waals surface area contributed by atoms with E-state index in [1.807, 2.05) is 24.3 Å². The largest absolute Gasteiger partial charge is 0.366 e. The monoisotopic (exact) mass is 254 g/mol. The highest BCUT2D eigenvalue weighted by molar-refractivity contribution is 5.52. The van der Waals surface area contributed by atoms with Gasteiger partial charge in [-0.3, -0.25) is 0 Å². The highest BCUT2D eigenvalue weighted by atomic mass is 15.2. The normalized spacial score (nSPS) is 23.2. The lowest BCUT2D eigenvalue weighted by atomic mass is 10.1. The molecule has 0 spiro atoms. The van der Waals surface area contributed by atoms with Crippen LogP contribution < -0.4 is 10.2 Å². The number of hydrogen-bond donors (Lipinski definition) is 1. The molecule has 0 radical (unpaired) electrons. The Kier molecular flexibility index (Phi) is 4.39. The summed E-state index contributed by atoms with van der Waals surface area (Å²) in [6.07, 6.45) is 0.497. The van der Waals surface area contributed by atoms with Crippen molar-refractivity contribution < 1.29 is 0 Å². The molecule has 1 aliphatic heterocycles. The molecular formula is C15H18N4. The summed E-state index contributed by atoms with van der Waals surface area (Å²) in [6, 6.07) is 12.2. The van der Waals surface area contributed by atoms with Crippen molar-refractivity contribution in [2.45, 2.75) is 19.4 Å². The van der Waals surface area contributed by atoms with E-state index in [2.05, 4.69) is 29.3 Å². The van der Waals surface area contributed by atoms with Crippen molar-refractivity contribution in [3.05, 3.63) is 29.8 Å². The van der Waals surface area contributed by atoms with Crippen molar-refractivity contribution in [2.75, 3.05) is 24.5 Å². The van der Waals surface area contributed by atoms with Crippen molar-refractivity contribution in [2.24, 2.45) is 5.92 Å². The molecule has 0 bridgehead atoms. The SMILES string of the molecule is CC1CNCC(CC#N)N(c2cccc(C#N)c2)C1. The predicted octanol–water partition coefficient (Wildman–Crippen LogP) is 1.89. The quantitative estimate of drug-likeness (QED) is 0.875. The molecule has 1 aliphatic rings. The van der Waals surface area contributed by atoms with E-state index in [1.165, 1.54) is 0 Å². The Bertz CT molecular complexity index is 512.